The van der Waals surface area contributed by atoms with E-state index < -0.39 is 35.5 Å². The largest absolute Gasteiger partial charge is 0.481 e. The van der Waals surface area contributed by atoms with Crippen molar-refractivity contribution in [3.05, 3.63) is 35.4 Å². The van der Waals surface area contributed by atoms with Crippen molar-refractivity contribution in [1.29, 1.82) is 0 Å². The predicted octanol–water partition coefficient (Wildman–Crippen LogP) is 2.89. The molecule has 0 radical (unpaired) electrons. The van der Waals surface area contributed by atoms with Gasteiger partial charge in [0, 0.05) is 5.92 Å². The van der Waals surface area contributed by atoms with Gasteiger partial charge in [0.2, 0.25) is 0 Å². The molecule has 1 fully saturated rings. The van der Waals surface area contributed by atoms with Crippen LogP contribution in [0, 0.1) is 23.5 Å². The van der Waals surface area contributed by atoms with Crippen LogP contribution in [0.4, 0.5) is 8.78 Å². The van der Waals surface area contributed by atoms with Gasteiger partial charge in [-0.1, -0.05) is 18.9 Å². The molecule has 19 heavy (non-hydrogen) atoms. The van der Waals surface area contributed by atoms with Gasteiger partial charge in [0.15, 0.2) is 11.6 Å². The van der Waals surface area contributed by atoms with E-state index in [4.69, 9.17) is 5.11 Å². The molecule has 0 amide bonds. The third kappa shape index (κ3) is 2.92. The molecule has 0 saturated heterocycles. The fraction of sp³-hybridized carbons (Fsp3) is 0.500. The molecule has 0 aliphatic heterocycles. The van der Waals surface area contributed by atoms with Crippen molar-refractivity contribution >= 4 is 5.97 Å². The van der Waals surface area contributed by atoms with Gasteiger partial charge in [-0.15, -0.1) is 0 Å². The summed E-state index contributed by atoms with van der Waals surface area (Å²) in [4.78, 5) is 11.2. The summed E-state index contributed by atoms with van der Waals surface area (Å²) in [6.45, 7) is 0. The summed E-state index contributed by atoms with van der Waals surface area (Å²) in [6.07, 6.45) is 1.68. The van der Waals surface area contributed by atoms with Crippen LogP contribution in [-0.4, -0.2) is 16.2 Å². The molecule has 1 saturated carbocycles. The van der Waals surface area contributed by atoms with E-state index in [1.54, 1.807) is 0 Å². The van der Waals surface area contributed by atoms with Crippen LogP contribution in [0.5, 0.6) is 0 Å². The van der Waals surface area contributed by atoms with E-state index in [1.807, 2.05) is 0 Å². The van der Waals surface area contributed by atoms with Gasteiger partial charge in [-0.25, -0.2) is 8.78 Å². The first-order valence-corrected chi connectivity index (χ1v) is 6.36. The molecule has 0 bridgehead atoms. The normalized spacial score (nSPS) is 25.0. The molecule has 3 atom stereocenters. The molecular formula is C14H16F2O3. The molecule has 1 aliphatic carbocycles. The lowest BCUT2D eigenvalue weighted by Crippen LogP contribution is -2.31. The molecule has 0 aromatic heterocycles. The Morgan fingerprint density at radius 3 is 2.53 bits per heavy atom. The van der Waals surface area contributed by atoms with Crippen molar-refractivity contribution in [1.82, 2.24) is 0 Å². The number of aliphatic hydroxyl groups is 1. The van der Waals surface area contributed by atoms with Gasteiger partial charge in [-0.2, -0.15) is 0 Å². The van der Waals surface area contributed by atoms with Gasteiger partial charge in [0.05, 0.1) is 12.0 Å². The second-order valence-corrected chi connectivity index (χ2v) is 5.01. The second-order valence-electron chi connectivity index (χ2n) is 5.01. The van der Waals surface area contributed by atoms with Crippen molar-refractivity contribution in [2.75, 3.05) is 0 Å². The van der Waals surface area contributed by atoms with E-state index in [0.29, 0.717) is 12.8 Å². The van der Waals surface area contributed by atoms with Crippen molar-refractivity contribution in [2.45, 2.75) is 31.8 Å². The average molecular weight is 270 g/mol. The number of aliphatic hydroxyl groups excluding tert-OH is 1. The third-order valence-electron chi connectivity index (χ3n) is 3.83. The summed E-state index contributed by atoms with van der Waals surface area (Å²) in [5, 5.41) is 19.4. The fourth-order valence-corrected chi connectivity index (χ4v) is 2.79. The van der Waals surface area contributed by atoms with E-state index in [-0.39, 0.29) is 5.56 Å². The predicted molar refractivity (Wildman–Crippen MR) is 64.4 cm³/mol. The van der Waals surface area contributed by atoms with E-state index in [0.717, 1.165) is 25.0 Å². The molecule has 104 valence electrons. The number of benzene rings is 1. The Morgan fingerprint density at radius 2 is 1.89 bits per heavy atom. The molecule has 0 spiro atoms. The highest BCUT2D eigenvalue weighted by molar-refractivity contribution is 5.70. The van der Waals surface area contributed by atoms with Crippen molar-refractivity contribution < 1.29 is 23.8 Å². The molecule has 1 aromatic carbocycles. The number of carbonyl (C=O) groups is 1. The van der Waals surface area contributed by atoms with E-state index in [2.05, 4.69) is 0 Å². The number of halogens is 2. The molecule has 2 N–H and O–H groups in total. The number of hydrogen-bond acceptors (Lipinski definition) is 2. The second kappa shape index (κ2) is 5.65. The highest BCUT2D eigenvalue weighted by atomic mass is 19.2. The first-order valence-electron chi connectivity index (χ1n) is 6.36. The third-order valence-corrected chi connectivity index (χ3v) is 3.83. The Morgan fingerprint density at radius 1 is 1.21 bits per heavy atom. The summed E-state index contributed by atoms with van der Waals surface area (Å²) >= 11 is 0. The van der Waals surface area contributed by atoms with Crippen molar-refractivity contribution in [2.24, 2.45) is 11.8 Å². The Kier molecular flexibility index (Phi) is 4.14. The number of carboxylic acid groups (broad SMARTS) is 1. The first kappa shape index (κ1) is 13.9. The lowest BCUT2D eigenvalue weighted by molar-refractivity contribution is -0.147. The van der Waals surface area contributed by atoms with Crippen LogP contribution in [0.1, 0.15) is 37.4 Å². The summed E-state index contributed by atoms with van der Waals surface area (Å²) in [7, 11) is 0. The van der Waals surface area contributed by atoms with Crippen LogP contribution in [0.25, 0.3) is 0 Å². The minimum absolute atomic E-state index is 0.233. The minimum Gasteiger partial charge on any atom is -0.481 e. The maximum atomic E-state index is 13.2. The average Bonchev–Trinajstić information content (AvgIpc) is 2.41. The molecule has 2 rings (SSSR count). The van der Waals surface area contributed by atoms with Gasteiger partial charge in [-0.05, 0) is 30.5 Å². The highest BCUT2D eigenvalue weighted by Gasteiger charge is 2.36. The number of rotatable bonds is 3. The Hall–Kier alpha value is -1.49. The zero-order valence-electron chi connectivity index (χ0n) is 10.4. The zero-order chi connectivity index (χ0) is 14.0. The first-order chi connectivity index (χ1) is 9.00. The van der Waals surface area contributed by atoms with E-state index in [1.165, 1.54) is 6.07 Å². The SMILES string of the molecule is O=C(O)C1CCCCC1C(O)c1ccc(F)c(F)c1. The maximum absolute atomic E-state index is 13.2. The Balaban J connectivity index is 2.23. The summed E-state index contributed by atoms with van der Waals surface area (Å²) in [5.41, 5.74) is 0.233. The van der Waals surface area contributed by atoms with Gasteiger partial charge >= 0.3 is 5.97 Å². The highest BCUT2D eigenvalue weighted by Crippen LogP contribution is 2.39. The van der Waals surface area contributed by atoms with Crippen molar-refractivity contribution in [3.63, 3.8) is 0 Å². The van der Waals surface area contributed by atoms with Crippen LogP contribution in [-0.2, 0) is 4.79 Å². The number of hydrogen-bond donors (Lipinski definition) is 2. The van der Waals surface area contributed by atoms with Crippen LogP contribution < -0.4 is 0 Å². The molecule has 3 unspecified atom stereocenters. The lowest BCUT2D eigenvalue weighted by Gasteiger charge is -2.32. The fourth-order valence-electron chi connectivity index (χ4n) is 2.79. The number of aliphatic carboxylic acids is 1. The van der Waals surface area contributed by atoms with Crippen LogP contribution in [0.3, 0.4) is 0 Å². The summed E-state index contributed by atoms with van der Waals surface area (Å²) < 4.78 is 26.0. The Labute approximate surface area is 109 Å². The molecular weight excluding hydrogens is 254 g/mol. The van der Waals surface area contributed by atoms with E-state index in [9.17, 15) is 18.7 Å². The maximum Gasteiger partial charge on any atom is 0.306 e. The Bertz CT molecular complexity index is 476. The van der Waals surface area contributed by atoms with Crippen LogP contribution in [0.15, 0.2) is 18.2 Å². The zero-order valence-corrected chi connectivity index (χ0v) is 10.4. The van der Waals surface area contributed by atoms with Gasteiger partial charge in [0.25, 0.3) is 0 Å². The molecule has 5 heteroatoms. The standard InChI is InChI=1S/C14H16F2O3/c15-11-6-5-8(7-12(11)16)13(17)9-3-1-2-4-10(9)14(18)19/h5-7,9-10,13,17H,1-4H2,(H,18,19). The molecule has 3 nitrogen and oxygen atoms in total. The van der Waals surface area contributed by atoms with Crippen molar-refractivity contribution in [3.8, 4) is 0 Å². The summed E-state index contributed by atoms with van der Waals surface area (Å²) in [5.74, 6) is -4.02. The van der Waals surface area contributed by atoms with Gasteiger partial charge < -0.3 is 10.2 Å². The van der Waals surface area contributed by atoms with E-state index >= 15 is 0 Å². The smallest absolute Gasteiger partial charge is 0.306 e. The van der Waals surface area contributed by atoms with Crippen LogP contribution in [0.2, 0.25) is 0 Å². The molecule has 1 aliphatic rings. The number of carboxylic acids is 1. The quantitative estimate of drug-likeness (QED) is 0.888. The summed E-state index contributed by atoms with van der Waals surface area (Å²) in [6, 6.07) is 3.19. The van der Waals surface area contributed by atoms with Crippen LogP contribution >= 0.6 is 0 Å². The lowest BCUT2D eigenvalue weighted by atomic mass is 9.74. The monoisotopic (exact) mass is 270 g/mol. The topological polar surface area (TPSA) is 57.5 Å². The molecule has 1 aromatic rings. The van der Waals surface area contributed by atoms with Gasteiger partial charge in [0.1, 0.15) is 0 Å². The minimum atomic E-state index is -1.07. The molecule has 0 heterocycles. The van der Waals surface area contributed by atoms with Gasteiger partial charge in [-0.3, -0.25) is 4.79 Å².